The van der Waals surface area contributed by atoms with Crippen LogP contribution in [0.4, 0.5) is 4.79 Å². The molecule has 0 atom stereocenters. The highest BCUT2D eigenvalue weighted by atomic mass is 16.5. The molecular weight excluding hydrogens is 154 g/mol. The lowest BCUT2D eigenvalue weighted by atomic mass is 10.3. The molecule has 12 heavy (non-hydrogen) atoms. The summed E-state index contributed by atoms with van der Waals surface area (Å²) in [6.07, 6.45) is 1.79. The Balaban J connectivity index is 0. The highest BCUT2D eigenvalue weighted by Crippen LogP contribution is 1.83. The van der Waals surface area contributed by atoms with E-state index in [1.807, 2.05) is 13.8 Å². The molecule has 0 unspecified atom stereocenters. The first-order chi connectivity index (χ1) is 5.81. The van der Waals surface area contributed by atoms with Crippen molar-refractivity contribution >= 4 is 6.09 Å². The van der Waals surface area contributed by atoms with E-state index in [1.165, 1.54) is 0 Å². The van der Waals surface area contributed by atoms with Gasteiger partial charge in [0.15, 0.2) is 0 Å². The van der Waals surface area contributed by atoms with Crippen molar-refractivity contribution in [3.05, 3.63) is 0 Å². The number of amides is 1. The average molecular weight is 175 g/mol. The number of hydrogen-bond donors (Lipinski definition) is 1. The number of rotatable bonds is 4. The molecule has 0 spiro atoms. The van der Waals surface area contributed by atoms with Crippen molar-refractivity contribution in [2.24, 2.45) is 0 Å². The Morgan fingerprint density at radius 3 is 2.33 bits per heavy atom. The van der Waals surface area contributed by atoms with Gasteiger partial charge in [-0.25, -0.2) is 4.79 Å². The third kappa shape index (κ3) is 12.0. The van der Waals surface area contributed by atoms with E-state index >= 15 is 0 Å². The molecule has 3 heteroatoms. The fourth-order valence-corrected chi connectivity index (χ4v) is 0.549. The molecule has 3 nitrogen and oxygen atoms in total. The summed E-state index contributed by atoms with van der Waals surface area (Å²) in [6, 6.07) is 0. The lowest BCUT2D eigenvalue weighted by Crippen LogP contribution is -2.24. The van der Waals surface area contributed by atoms with Gasteiger partial charge in [-0.05, 0) is 13.3 Å². The van der Waals surface area contributed by atoms with Crippen LogP contribution in [0.15, 0.2) is 0 Å². The van der Waals surface area contributed by atoms with Crippen molar-refractivity contribution in [2.75, 3.05) is 13.2 Å². The molecule has 0 aliphatic heterocycles. The Morgan fingerprint density at radius 1 is 1.33 bits per heavy atom. The summed E-state index contributed by atoms with van der Waals surface area (Å²) in [4.78, 5) is 10.6. The molecule has 0 saturated heterocycles. The summed E-state index contributed by atoms with van der Waals surface area (Å²) in [5.74, 6) is 0. The number of alkyl carbamates (subject to hydrolysis) is 1. The second kappa shape index (κ2) is 12.9. The minimum atomic E-state index is -0.309. The summed E-state index contributed by atoms with van der Waals surface area (Å²) >= 11 is 0. The van der Waals surface area contributed by atoms with Gasteiger partial charge in [0, 0.05) is 6.54 Å². The maximum Gasteiger partial charge on any atom is 0.407 e. The molecule has 0 aromatic carbocycles. The Morgan fingerprint density at radius 2 is 1.92 bits per heavy atom. The SMILES string of the molecule is CC.CCCCNC(=O)OCC. The predicted molar refractivity (Wildman–Crippen MR) is 51.3 cm³/mol. The predicted octanol–water partition coefficient (Wildman–Crippen LogP) is 2.56. The van der Waals surface area contributed by atoms with Crippen LogP contribution in [0.1, 0.15) is 40.5 Å². The minimum absolute atomic E-state index is 0.309. The molecule has 0 aromatic heterocycles. The van der Waals surface area contributed by atoms with Crippen molar-refractivity contribution in [3.63, 3.8) is 0 Å². The normalized spacial score (nSPS) is 8.00. The molecule has 1 N–H and O–H groups in total. The van der Waals surface area contributed by atoms with E-state index in [0.29, 0.717) is 6.61 Å². The largest absolute Gasteiger partial charge is 0.450 e. The van der Waals surface area contributed by atoms with Gasteiger partial charge in [-0.2, -0.15) is 0 Å². The summed E-state index contributed by atoms with van der Waals surface area (Å²) in [5.41, 5.74) is 0. The molecule has 0 aliphatic rings. The Hall–Kier alpha value is -0.730. The lowest BCUT2D eigenvalue weighted by Gasteiger charge is -2.02. The molecule has 0 bridgehead atoms. The maximum absolute atomic E-state index is 10.6. The molecule has 74 valence electrons. The molecule has 0 aromatic rings. The number of hydrogen-bond acceptors (Lipinski definition) is 2. The van der Waals surface area contributed by atoms with Gasteiger partial charge in [0.1, 0.15) is 0 Å². The van der Waals surface area contributed by atoms with E-state index in [9.17, 15) is 4.79 Å². The van der Waals surface area contributed by atoms with Crippen LogP contribution in [0.2, 0.25) is 0 Å². The van der Waals surface area contributed by atoms with Crippen LogP contribution in [0.25, 0.3) is 0 Å². The fraction of sp³-hybridized carbons (Fsp3) is 0.889. The van der Waals surface area contributed by atoms with Gasteiger partial charge >= 0.3 is 6.09 Å². The standard InChI is InChI=1S/C7H15NO2.C2H6/c1-3-5-6-8-7(9)10-4-2;1-2/h3-6H2,1-2H3,(H,8,9);1-2H3. The highest BCUT2D eigenvalue weighted by Gasteiger charge is 1.95. The van der Waals surface area contributed by atoms with E-state index in [0.717, 1.165) is 19.4 Å². The summed E-state index contributed by atoms with van der Waals surface area (Å²) in [7, 11) is 0. The zero-order valence-electron chi connectivity index (χ0n) is 8.64. The minimum Gasteiger partial charge on any atom is -0.450 e. The van der Waals surface area contributed by atoms with Gasteiger partial charge in [0.05, 0.1) is 6.61 Å². The zero-order valence-corrected chi connectivity index (χ0v) is 8.64. The summed E-state index contributed by atoms with van der Waals surface area (Å²) in [5, 5.41) is 2.62. The Kier molecular flexibility index (Phi) is 14.9. The fourth-order valence-electron chi connectivity index (χ4n) is 0.549. The van der Waals surface area contributed by atoms with Gasteiger partial charge in [-0.1, -0.05) is 27.2 Å². The topological polar surface area (TPSA) is 38.3 Å². The zero-order chi connectivity index (χ0) is 9.82. The molecule has 0 rings (SSSR count). The summed E-state index contributed by atoms with van der Waals surface area (Å²) < 4.78 is 4.64. The Bertz CT molecular complexity index is 94.5. The van der Waals surface area contributed by atoms with E-state index in [2.05, 4.69) is 17.0 Å². The van der Waals surface area contributed by atoms with Crippen molar-refractivity contribution in [1.82, 2.24) is 5.32 Å². The second-order valence-electron chi connectivity index (χ2n) is 2.00. The van der Waals surface area contributed by atoms with Crippen LogP contribution in [-0.2, 0) is 4.74 Å². The van der Waals surface area contributed by atoms with Crippen LogP contribution in [0, 0.1) is 0 Å². The van der Waals surface area contributed by atoms with Gasteiger partial charge in [-0.3, -0.25) is 0 Å². The van der Waals surface area contributed by atoms with Gasteiger partial charge in [-0.15, -0.1) is 0 Å². The first-order valence-corrected chi connectivity index (χ1v) is 4.71. The van der Waals surface area contributed by atoms with Crippen LogP contribution in [0.5, 0.6) is 0 Å². The van der Waals surface area contributed by atoms with Crippen molar-refractivity contribution in [1.29, 1.82) is 0 Å². The molecule has 0 fully saturated rings. The third-order valence-electron chi connectivity index (χ3n) is 1.08. The van der Waals surface area contributed by atoms with E-state index < -0.39 is 0 Å². The van der Waals surface area contributed by atoms with E-state index in [-0.39, 0.29) is 6.09 Å². The van der Waals surface area contributed by atoms with Gasteiger partial charge in [0.25, 0.3) is 0 Å². The quantitative estimate of drug-likeness (QED) is 0.667. The Labute approximate surface area is 75.5 Å². The van der Waals surface area contributed by atoms with Crippen molar-refractivity contribution in [3.8, 4) is 0 Å². The molecule has 1 amide bonds. The van der Waals surface area contributed by atoms with Gasteiger partial charge < -0.3 is 10.1 Å². The monoisotopic (exact) mass is 175 g/mol. The number of nitrogens with one attached hydrogen (secondary N) is 1. The maximum atomic E-state index is 10.6. The summed E-state index contributed by atoms with van der Waals surface area (Å²) in [6.45, 7) is 9.03. The molecular formula is C9H21NO2. The van der Waals surface area contributed by atoms with Crippen LogP contribution in [-0.4, -0.2) is 19.2 Å². The third-order valence-corrected chi connectivity index (χ3v) is 1.08. The van der Waals surface area contributed by atoms with Gasteiger partial charge in [0.2, 0.25) is 0 Å². The van der Waals surface area contributed by atoms with Crippen molar-refractivity contribution in [2.45, 2.75) is 40.5 Å². The molecule has 0 aliphatic carbocycles. The number of carbonyl (C=O) groups is 1. The molecule has 0 radical (unpaired) electrons. The number of unbranched alkanes of at least 4 members (excludes halogenated alkanes) is 1. The lowest BCUT2D eigenvalue weighted by molar-refractivity contribution is 0.152. The van der Waals surface area contributed by atoms with Crippen LogP contribution in [0.3, 0.4) is 0 Å². The van der Waals surface area contributed by atoms with E-state index in [1.54, 1.807) is 6.92 Å². The smallest absolute Gasteiger partial charge is 0.407 e. The number of ether oxygens (including phenoxy) is 1. The number of carbonyl (C=O) groups excluding carboxylic acids is 1. The average Bonchev–Trinajstić information content (AvgIpc) is 2.09. The first kappa shape index (κ1) is 13.8. The first-order valence-electron chi connectivity index (χ1n) is 4.71. The van der Waals surface area contributed by atoms with Crippen LogP contribution < -0.4 is 5.32 Å². The van der Waals surface area contributed by atoms with Crippen molar-refractivity contribution < 1.29 is 9.53 Å². The molecule has 0 heterocycles. The highest BCUT2D eigenvalue weighted by molar-refractivity contribution is 5.66. The van der Waals surface area contributed by atoms with Crippen LogP contribution >= 0.6 is 0 Å². The van der Waals surface area contributed by atoms with E-state index in [4.69, 9.17) is 0 Å². The molecule has 0 saturated carbocycles. The second-order valence-corrected chi connectivity index (χ2v) is 2.00.